The van der Waals surface area contributed by atoms with E-state index in [1.54, 1.807) is 35.2 Å². The number of carbonyl (C=O) groups excluding carboxylic acids is 1. The van der Waals surface area contributed by atoms with Crippen molar-refractivity contribution >= 4 is 29.3 Å². The van der Waals surface area contributed by atoms with E-state index in [0.29, 0.717) is 22.0 Å². The highest BCUT2D eigenvalue weighted by Gasteiger charge is 2.16. The average molecular weight is 439 g/mol. The molecule has 0 spiro atoms. The lowest BCUT2D eigenvalue weighted by molar-refractivity contribution is -0.112. The van der Waals surface area contributed by atoms with Crippen molar-refractivity contribution < 1.29 is 4.79 Å². The molecule has 0 bridgehead atoms. The van der Waals surface area contributed by atoms with Gasteiger partial charge in [-0.15, -0.1) is 0 Å². The molecule has 1 amide bonds. The lowest BCUT2D eigenvalue weighted by atomic mass is 10.1. The minimum absolute atomic E-state index is 0.0175. The standard InChI is InChI=1S/C26H19ClN4O/c1-18-7-5-6-10-24(18)29-26(32)20(16-28)15-21-17-31(23-8-3-2-4-9-23)30-25(21)19-11-13-22(27)14-12-19/h2-15,17H,1H3,(H,29,32)/b20-15+. The number of rotatable bonds is 5. The number of hydrogen-bond donors (Lipinski definition) is 1. The van der Waals surface area contributed by atoms with Crippen molar-refractivity contribution in [3.05, 3.63) is 107 Å². The second kappa shape index (κ2) is 9.34. The van der Waals surface area contributed by atoms with Crippen molar-refractivity contribution in [3.63, 3.8) is 0 Å². The first kappa shape index (κ1) is 21.1. The normalized spacial score (nSPS) is 11.1. The van der Waals surface area contributed by atoms with Crippen molar-refractivity contribution in [2.24, 2.45) is 0 Å². The molecule has 0 saturated carbocycles. The van der Waals surface area contributed by atoms with Gasteiger partial charge >= 0.3 is 0 Å². The Morgan fingerprint density at radius 1 is 1.03 bits per heavy atom. The minimum Gasteiger partial charge on any atom is -0.321 e. The summed E-state index contributed by atoms with van der Waals surface area (Å²) < 4.78 is 1.73. The Morgan fingerprint density at radius 2 is 1.72 bits per heavy atom. The van der Waals surface area contributed by atoms with Crippen LogP contribution in [0.4, 0.5) is 5.69 Å². The molecule has 0 saturated heterocycles. The molecule has 4 aromatic rings. The summed E-state index contributed by atoms with van der Waals surface area (Å²) in [5, 5.41) is 17.8. The number of halogens is 1. The Bertz CT molecular complexity index is 1330. The summed E-state index contributed by atoms with van der Waals surface area (Å²) in [6, 6.07) is 26.4. The smallest absolute Gasteiger partial charge is 0.266 e. The zero-order chi connectivity index (χ0) is 22.5. The molecule has 0 aliphatic carbocycles. The number of benzene rings is 3. The number of amides is 1. The van der Waals surface area contributed by atoms with Gasteiger partial charge in [0.05, 0.1) is 11.4 Å². The molecule has 1 heterocycles. The van der Waals surface area contributed by atoms with Gasteiger partial charge in [0.15, 0.2) is 0 Å². The Morgan fingerprint density at radius 3 is 2.41 bits per heavy atom. The zero-order valence-corrected chi connectivity index (χ0v) is 18.0. The predicted molar refractivity (Wildman–Crippen MR) is 127 cm³/mol. The first-order valence-corrected chi connectivity index (χ1v) is 10.3. The summed E-state index contributed by atoms with van der Waals surface area (Å²) in [5.74, 6) is -0.476. The molecule has 6 heteroatoms. The Hall–Kier alpha value is -4.14. The maximum Gasteiger partial charge on any atom is 0.266 e. The molecular weight excluding hydrogens is 420 g/mol. The van der Waals surface area contributed by atoms with E-state index in [4.69, 9.17) is 16.7 Å². The summed E-state index contributed by atoms with van der Waals surface area (Å²) in [6.07, 6.45) is 3.36. The van der Waals surface area contributed by atoms with Crippen LogP contribution in [0.5, 0.6) is 0 Å². The highest BCUT2D eigenvalue weighted by Crippen LogP contribution is 2.27. The Kier molecular flexibility index (Phi) is 6.16. The third kappa shape index (κ3) is 4.61. The molecule has 3 aromatic carbocycles. The van der Waals surface area contributed by atoms with E-state index in [0.717, 1.165) is 16.8 Å². The van der Waals surface area contributed by atoms with E-state index in [9.17, 15) is 10.1 Å². The van der Waals surface area contributed by atoms with Gasteiger partial charge in [-0.25, -0.2) is 4.68 Å². The van der Waals surface area contributed by atoms with Crippen LogP contribution in [-0.2, 0) is 4.79 Å². The molecule has 0 atom stereocenters. The summed E-state index contributed by atoms with van der Waals surface area (Å²) >= 11 is 6.04. The molecule has 156 valence electrons. The van der Waals surface area contributed by atoms with Crippen LogP contribution < -0.4 is 5.32 Å². The van der Waals surface area contributed by atoms with Crippen molar-refractivity contribution in [1.29, 1.82) is 5.26 Å². The molecule has 0 fully saturated rings. The Balaban J connectivity index is 1.76. The molecule has 0 unspecified atom stereocenters. The van der Waals surface area contributed by atoms with Crippen LogP contribution in [0.1, 0.15) is 11.1 Å². The van der Waals surface area contributed by atoms with E-state index in [1.165, 1.54) is 0 Å². The van der Waals surface area contributed by atoms with Gasteiger partial charge in [-0.05, 0) is 48.9 Å². The predicted octanol–water partition coefficient (Wildman–Crippen LogP) is 6.05. The monoisotopic (exact) mass is 438 g/mol. The third-order valence-electron chi connectivity index (χ3n) is 4.94. The number of nitrogens with zero attached hydrogens (tertiary/aromatic N) is 3. The van der Waals surface area contributed by atoms with Gasteiger partial charge < -0.3 is 5.32 Å². The molecule has 0 aliphatic rings. The van der Waals surface area contributed by atoms with Crippen LogP contribution in [0.2, 0.25) is 5.02 Å². The number of aromatic nitrogens is 2. The van der Waals surface area contributed by atoms with Gasteiger partial charge in [0.1, 0.15) is 11.6 Å². The van der Waals surface area contributed by atoms with Crippen LogP contribution in [0, 0.1) is 18.3 Å². The summed E-state index contributed by atoms with van der Waals surface area (Å²) in [7, 11) is 0. The largest absolute Gasteiger partial charge is 0.321 e. The van der Waals surface area contributed by atoms with Crippen molar-refractivity contribution in [2.75, 3.05) is 5.32 Å². The molecule has 5 nitrogen and oxygen atoms in total. The van der Waals surface area contributed by atoms with E-state index < -0.39 is 5.91 Å². The van der Waals surface area contributed by atoms with Crippen LogP contribution >= 0.6 is 11.6 Å². The van der Waals surface area contributed by atoms with Gasteiger partial charge in [0, 0.05) is 28.0 Å². The first-order chi connectivity index (χ1) is 15.5. The number of nitrogens with one attached hydrogen (secondary N) is 1. The number of hydrogen-bond acceptors (Lipinski definition) is 3. The van der Waals surface area contributed by atoms with Gasteiger partial charge in [-0.2, -0.15) is 10.4 Å². The van der Waals surface area contributed by atoms with Crippen LogP contribution in [0.3, 0.4) is 0 Å². The molecule has 1 N–H and O–H groups in total. The SMILES string of the molecule is Cc1ccccc1NC(=O)/C(C#N)=C/c1cn(-c2ccccc2)nc1-c1ccc(Cl)cc1. The van der Waals surface area contributed by atoms with Crippen molar-refractivity contribution in [2.45, 2.75) is 6.92 Å². The maximum absolute atomic E-state index is 12.8. The Labute approximate surface area is 191 Å². The second-order valence-corrected chi connectivity index (χ2v) is 7.60. The lowest BCUT2D eigenvalue weighted by Crippen LogP contribution is -2.14. The number of para-hydroxylation sites is 2. The minimum atomic E-state index is -0.476. The lowest BCUT2D eigenvalue weighted by Gasteiger charge is -2.07. The average Bonchev–Trinajstić information content (AvgIpc) is 3.24. The van der Waals surface area contributed by atoms with Gasteiger partial charge in [0.25, 0.3) is 5.91 Å². The van der Waals surface area contributed by atoms with Gasteiger partial charge in [-0.1, -0.05) is 60.1 Å². The highest BCUT2D eigenvalue weighted by molar-refractivity contribution is 6.30. The fourth-order valence-corrected chi connectivity index (χ4v) is 3.37. The molecule has 32 heavy (non-hydrogen) atoms. The van der Waals surface area contributed by atoms with E-state index in [2.05, 4.69) is 5.32 Å². The van der Waals surface area contributed by atoms with Crippen molar-refractivity contribution in [1.82, 2.24) is 9.78 Å². The van der Waals surface area contributed by atoms with Crippen molar-refractivity contribution in [3.8, 4) is 23.0 Å². The summed E-state index contributed by atoms with van der Waals surface area (Å²) in [4.78, 5) is 12.8. The summed E-state index contributed by atoms with van der Waals surface area (Å²) in [5.41, 5.74) is 4.54. The molecule has 4 rings (SSSR count). The summed E-state index contributed by atoms with van der Waals surface area (Å²) in [6.45, 7) is 1.90. The number of aryl methyl sites for hydroxylation is 1. The third-order valence-corrected chi connectivity index (χ3v) is 5.19. The van der Waals surface area contributed by atoms with E-state index >= 15 is 0 Å². The maximum atomic E-state index is 12.8. The van der Waals surface area contributed by atoms with Gasteiger partial charge in [-0.3, -0.25) is 4.79 Å². The molecule has 0 radical (unpaired) electrons. The first-order valence-electron chi connectivity index (χ1n) is 9.95. The number of nitriles is 1. The van der Waals surface area contributed by atoms with Crippen LogP contribution in [-0.4, -0.2) is 15.7 Å². The quantitative estimate of drug-likeness (QED) is 0.304. The van der Waals surface area contributed by atoms with E-state index in [-0.39, 0.29) is 5.57 Å². The fourth-order valence-electron chi connectivity index (χ4n) is 3.24. The van der Waals surface area contributed by atoms with Crippen LogP contribution in [0.15, 0.2) is 90.6 Å². The fraction of sp³-hybridized carbons (Fsp3) is 0.0385. The van der Waals surface area contributed by atoms with Crippen LogP contribution in [0.25, 0.3) is 23.0 Å². The number of anilines is 1. The molecule has 0 aliphatic heterocycles. The zero-order valence-electron chi connectivity index (χ0n) is 17.3. The highest BCUT2D eigenvalue weighted by atomic mass is 35.5. The van der Waals surface area contributed by atoms with Gasteiger partial charge in [0.2, 0.25) is 0 Å². The van der Waals surface area contributed by atoms with E-state index in [1.807, 2.05) is 73.7 Å². The molecular formula is C26H19ClN4O. The topological polar surface area (TPSA) is 70.7 Å². The number of carbonyl (C=O) groups is 1. The molecule has 1 aromatic heterocycles. The second-order valence-electron chi connectivity index (χ2n) is 7.16.